The predicted molar refractivity (Wildman–Crippen MR) is 367 cm³/mol. The average Bonchev–Trinajstić information content (AvgIpc) is 1.68. The Morgan fingerprint density at radius 3 is 1.35 bits per heavy atom. The van der Waals surface area contributed by atoms with Gasteiger partial charge in [0.05, 0.1) is 72.6 Å². The summed E-state index contributed by atoms with van der Waals surface area (Å²) < 4.78 is 86.2. The number of rotatable bonds is 19. The summed E-state index contributed by atoms with van der Waals surface area (Å²) in [4.78, 5) is 70.9. The molecule has 6 aliphatic rings. The van der Waals surface area contributed by atoms with Crippen molar-refractivity contribution in [2.45, 2.75) is 145 Å². The maximum atomic E-state index is 13.7. The molecule has 0 aliphatic heterocycles. The molecular weight excluding hydrogens is 1480 g/mol. The third-order valence-electron chi connectivity index (χ3n) is 14.8. The van der Waals surface area contributed by atoms with Crippen molar-refractivity contribution < 1.29 is 60.6 Å². The largest absolute Gasteiger partial charge is 0.477 e. The quantitative estimate of drug-likeness (QED) is 0.0190. The Labute approximate surface area is 603 Å². The van der Waals surface area contributed by atoms with Gasteiger partial charge in [-0.15, -0.1) is 30.6 Å². The lowest BCUT2D eigenvalue weighted by Crippen LogP contribution is -2.11. The zero-order chi connectivity index (χ0) is 71.0. The Morgan fingerprint density at radius 2 is 0.898 bits per heavy atom. The van der Waals surface area contributed by atoms with Gasteiger partial charge in [-0.05, 0) is 214 Å². The zero-order valence-corrected chi connectivity index (χ0v) is 60.3. The van der Waals surface area contributed by atoms with Crippen molar-refractivity contribution in [3.05, 3.63) is 167 Å². The minimum atomic E-state index is -0.901. The molecule has 0 bridgehead atoms. The molecule has 6 fully saturated rings. The summed E-state index contributed by atoms with van der Waals surface area (Å²) in [6, 6.07) is 13.3. The minimum absolute atomic E-state index is 0.0117. The first kappa shape index (κ1) is 78.7. The second-order valence-corrected chi connectivity index (χ2v) is 28.2. The van der Waals surface area contributed by atoms with Crippen LogP contribution in [0.15, 0.2) is 54.6 Å². The SMILES string of the molecule is CF.CF.COC(=O)c1snnc1C1CC1.Fc1cccc(Cl)c1CCCc1snnc1C1CC1.NCc1c(F)cccc1Cl.O=C(CC(=O)c1c(F)cccc1Cl)c1snnc1C1CC1.O=C(Cl)c1snnc1C1CC1.O=C(O)c1snnc1C1CC1.O=Cc1snnc1C1CC1. The molecular formula is C62H62Cl4F5N13O8S6. The number of carbonyl (C=O) groups is 6. The van der Waals surface area contributed by atoms with E-state index in [1.807, 2.05) is 0 Å². The summed E-state index contributed by atoms with van der Waals surface area (Å²) in [6.07, 6.45) is 16.2. The molecule has 21 nitrogen and oxygen atoms in total. The molecule has 3 aromatic carbocycles. The van der Waals surface area contributed by atoms with Crippen LogP contribution in [0, 0.1) is 17.5 Å². The van der Waals surface area contributed by atoms with Crippen molar-refractivity contribution in [1.82, 2.24) is 57.5 Å². The fraction of sp³-hybridized carbons (Fsp3) is 0.419. The van der Waals surface area contributed by atoms with Gasteiger partial charge in [-0.1, -0.05) is 79.9 Å². The molecule has 0 spiro atoms. The first-order chi connectivity index (χ1) is 47.4. The van der Waals surface area contributed by atoms with Crippen molar-refractivity contribution in [1.29, 1.82) is 0 Å². The highest BCUT2D eigenvalue weighted by Crippen LogP contribution is 2.45. The highest BCUT2D eigenvalue weighted by Gasteiger charge is 2.36. The number of hydrogen-bond acceptors (Lipinski definition) is 26. The van der Waals surface area contributed by atoms with Crippen molar-refractivity contribution >= 4 is 151 Å². The number of alkyl halides is 2. The number of aromatic carboxylic acids is 1. The maximum Gasteiger partial charge on any atom is 0.351 e. The van der Waals surface area contributed by atoms with Crippen LogP contribution in [0.25, 0.3) is 0 Å². The molecule has 98 heavy (non-hydrogen) atoms. The number of aldehydes is 1. The van der Waals surface area contributed by atoms with E-state index in [2.05, 4.69) is 62.3 Å². The molecule has 15 rings (SSSR count). The number of carboxylic acid groups (broad SMARTS) is 1. The molecule has 0 radical (unpaired) electrons. The number of hydrogen-bond donors (Lipinski definition) is 2. The van der Waals surface area contributed by atoms with Crippen LogP contribution in [0.5, 0.6) is 0 Å². The van der Waals surface area contributed by atoms with Gasteiger partial charge in [-0.2, -0.15) is 0 Å². The number of Topliss-reactive ketones (excluding diaryl/α,β-unsaturated/α-hetero) is 2. The van der Waals surface area contributed by atoms with Gasteiger partial charge < -0.3 is 15.6 Å². The second kappa shape index (κ2) is 39.4. The van der Waals surface area contributed by atoms with E-state index < -0.39 is 29.2 Å². The number of carboxylic acids is 1. The number of ketones is 2. The van der Waals surface area contributed by atoms with E-state index in [4.69, 9.17) is 57.2 Å². The van der Waals surface area contributed by atoms with Gasteiger partial charge in [0.1, 0.15) is 32.1 Å². The molecule has 0 saturated heterocycles. The molecule has 9 aromatic rings. The van der Waals surface area contributed by atoms with Crippen LogP contribution in [-0.4, -0.2) is 119 Å². The number of aromatic nitrogens is 12. The lowest BCUT2D eigenvalue weighted by atomic mass is 10.0. The fourth-order valence-corrected chi connectivity index (χ4v) is 13.8. The van der Waals surface area contributed by atoms with Crippen LogP contribution in [0.1, 0.15) is 234 Å². The Kier molecular flexibility index (Phi) is 31.7. The summed E-state index contributed by atoms with van der Waals surface area (Å²) in [5.41, 5.74) is 11.0. The van der Waals surface area contributed by atoms with E-state index in [-0.39, 0.29) is 46.4 Å². The molecule has 6 aliphatic carbocycles. The average molecular weight is 1550 g/mol. The summed E-state index contributed by atoms with van der Waals surface area (Å²) >= 11 is 29.6. The number of esters is 1. The van der Waals surface area contributed by atoms with Crippen molar-refractivity contribution in [2.24, 2.45) is 5.73 Å². The van der Waals surface area contributed by atoms with Crippen LogP contribution in [-0.2, 0) is 24.1 Å². The number of benzene rings is 3. The van der Waals surface area contributed by atoms with Crippen LogP contribution >= 0.6 is 116 Å². The van der Waals surface area contributed by atoms with Crippen molar-refractivity contribution in [2.75, 3.05) is 21.5 Å². The first-order valence-electron chi connectivity index (χ1n) is 30.1. The maximum absolute atomic E-state index is 13.7. The highest BCUT2D eigenvalue weighted by molar-refractivity contribution is 7.10. The molecule has 6 saturated carbocycles. The number of methoxy groups -OCH3 is 1. The number of nitrogens with two attached hydrogens (primary N) is 1. The molecule has 36 heteroatoms. The Hall–Kier alpha value is -6.59. The van der Waals surface area contributed by atoms with E-state index in [1.54, 1.807) is 24.3 Å². The number of nitrogens with zero attached hydrogens (tertiary/aromatic N) is 12. The lowest BCUT2D eigenvalue weighted by Gasteiger charge is -2.05. The molecule has 0 amide bonds. The van der Waals surface area contributed by atoms with Crippen LogP contribution in [0.2, 0.25) is 15.1 Å². The summed E-state index contributed by atoms with van der Waals surface area (Å²) in [6.45, 7) is 0.144. The molecule has 6 aromatic heterocycles. The van der Waals surface area contributed by atoms with Crippen LogP contribution < -0.4 is 5.73 Å². The Bertz CT molecular complexity index is 4000. The van der Waals surface area contributed by atoms with Crippen molar-refractivity contribution in [3.8, 4) is 0 Å². The van der Waals surface area contributed by atoms with Crippen LogP contribution in [0.4, 0.5) is 22.0 Å². The number of ether oxygens (including phenoxy) is 1. The van der Waals surface area contributed by atoms with Gasteiger partial charge in [0.25, 0.3) is 5.24 Å². The van der Waals surface area contributed by atoms with E-state index in [0.717, 1.165) is 140 Å². The van der Waals surface area contributed by atoms with Gasteiger partial charge in [0, 0.05) is 68.1 Å². The smallest absolute Gasteiger partial charge is 0.351 e. The van der Waals surface area contributed by atoms with Crippen molar-refractivity contribution in [3.63, 3.8) is 0 Å². The third kappa shape index (κ3) is 23.2. The highest BCUT2D eigenvalue weighted by atomic mass is 35.5. The van der Waals surface area contributed by atoms with E-state index >= 15 is 0 Å². The van der Waals surface area contributed by atoms with Gasteiger partial charge >= 0.3 is 11.9 Å². The number of aryl methyl sites for hydroxylation is 1. The predicted octanol–water partition coefficient (Wildman–Crippen LogP) is 16.5. The van der Waals surface area contributed by atoms with Gasteiger partial charge in [0.2, 0.25) is 0 Å². The molecule has 522 valence electrons. The Balaban J connectivity index is 0.000000163. The zero-order valence-electron chi connectivity index (χ0n) is 52.4. The normalized spacial score (nSPS) is 14.5. The lowest BCUT2D eigenvalue weighted by molar-refractivity contribution is 0.0603. The van der Waals surface area contributed by atoms with Gasteiger partial charge in [0.15, 0.2) is 27.6 Å². The van der Waals surface area contributed by atoms with E-state index in [0.29, 0.717) is 107 Å². The standard InChI is InChI=1S/C14H10ClFN2O2S.C14H14ClFN2S.C7H7ClFN.C7H8N2O2S.C6H5ClN2OS.C6H6N2O2S.C6H6N2OS.2CH3F/c15-8-2-1-3-9(16)12(8)10(19)6-11(20)14-13(7-4-5-7)17-18-21-14;15-11-4-2-5-12(16)10(11)3-1-6-13-14(9-7-8-9)17-18-19-13;8-6-2-1-3-7(9)5(6)4-10;1-11-7(10)6-5(4-2-3-4)8-9-12-6;7-6(10)5-4(3-1-2-3)8-9-11-5;9-6(10)5-4(3-1-2-3)7-8-11-5;9-3-5-6(4-1-2-4)7-8-10-5;2*1-2/h1-3,7H,4-6H2;2,4-5,9H,1,3,6-8H2;1-3H,4,10H2;4H,2-3H2,1H3;3H,1-2H2;3H,1-2H2,(H,9,10);3-4H,1-2H2;2*1H3. The minimum Gasteiger partial charge on any atom is -0.477 e. The molecule has 6 heterocycles. The fourth-order valence-electron chi connectivity index (χ4n) is 8.98. The van der Waals surface area contributed by atoms with Gasteiger partial charge in [-0.25, -0.2) is 22.8 Å². The molecule has 0 atom stereocenters. The van der Waals surface area contributed by atoms with Gasteiger partial charge in [-0.3, -0.25) is 28.0 Å². The van der Waals surface area contributed by atoms with E-state index in [1.165, 1.54) is 90.7 Å². The summed E-state index contributed by atoms with van der Waals surface area (Å²) in [5, 5.41) is 32.8. The molecule has 0 unspecified atom stereocenters. The Morgan fingerprint density at radius 1 is 0.510 bits per heavy atom. The second-order valence-electron chi connectivity index (χ2n) is 22.0. The number of carbonyl (C=O) groups excluding carboxylic acids is 5. The third-order valence-corrected chi connectivity index (χ3v) is 20.5. The van der Waals surface area contributed by atoms with E-state index in [9.17, 15) is 50.7 Å². The summed E-state index contributed by atoms with van der Waals surface area (Å²) in [7, 11) is 2.37. The number of halogens is 9. The molecule has 3 N–H and O–H groups in total. The first-order valence-corrected chi connectivity index (χ1v) is 36.3. The monoisotopic (exact) mass is 1540 g/mol. The topological polar surface area (TPSA) is 313 Å². The van der Waals surface area contributed by atoms with Crippen LogP contribution in [0.3, 0.4) is 0 Å². The summed E-state index contributed by atoms with van der Waals surface area (Å²) in [5.74, 6) is -0.760.